The molecule has 1 fully saturated rings. The molecule has 4 nitrogen and oxygen atoms in total. The van der Waals surface area contributed by atoms with Gasteiger partial charge in [-0.15, -0.1) is 0 Å². The van der Waals surface area contributed by atoms with E-state index >= 15 is 0 Å². The Labute approximate surface area is 105 Å². The molecule has 17 heavy (non-hydrogen) atoms. The van der Waals surface area contributed by atoms with Crippen LogP contribution < -0.4 is 5.32 Å². The van der Waals surface area contributed by atoms with Crippen molar-refractivity contribution in [3.05, 3.63) is 28.8 Å². The van der Waals surface area contributed by atoms with E-state index in [0.29, 0.717) is 12.1 Å². The van der Waals surface area contributed by atoms with Crippen LogP contribution in [0.4, 0.5) is 0 Å². The molecule has 1 aromatic carbocycles. The molecule has 1 aromatic rings. The van der Waals surface area contributed by atoms with Gasteiger partial charge in [-0.05, 0) is 25.1 Å². The molecule has 1 amide bonds. The quantitative estimate of drug-likeness (QED) is 0.798. The summed E-state index contributed by atoms with van der Waals surface area (Å²) in [6, 6.07) is 4.72. The lowest BCUT2D eigenvalue weighted by molar-refractivity contribution is 0.0656. The van der Waals surface area contributed by atoms with Gasteiger partial charge in [-0.2, -0.15) is 0 Å². The normalized spacial score (nSPS) is 20.4. The monoisotopic (exact) mass is 254 g/mol. The average molecular weight is 255 g/mol. The third-order valence-electron chi connectivity index (χ3n) is 2.96. The van der Waals surface area contributed by atoms with E-state index in [4.69, 9.17) is 11.6 Å². The lowest BCUT2D eigenvalue weighted by atomic mass is 10.1. The second-order valence-electron chi connectivity index (χ2n) is 4.22. The number of carbonyl (C=O) groups is 1. The molecule has 0 spiro atoms. The SMILES string of the molecule is CC1CNCCN1C(=O)c1ccc(O)c(Cl)c1. The van der Waals surface area contributed by atoms with Gasteiger partial charge < -0.3 is 15.3 Å². The molecule has 1 saturated heterocycles. The molecule has 2 rings (SSSR count). The third-order valence-corrected chi connectivity index (χ3v) is 3.26. The summed E-state index contributed by atoms with van der Waals surface area (Å²) in [5, 5.41) is 12.8. The summed E-state index contributed by atoms with van der Waals surface area (Å²) in [5.74, 6) is -0.0440. The third kappa shape index (κ3) is 2.53. The number of amides is 1. The Bertz CT molecular complexity index is 437. The van der Waals surface area contributed by atoms with E-state index in [1.165, 1.54) is 12.1 Å². The number of carbonyl (C=O) groups excluding carboxylic acids is 1. The number of rotatable bonds is 1. The number of phenols is 1. The van der Waals surface area contributed by atoms with Crippen molar-refractivity contribution < 1.29 is 9.90 Å². The van der Waals surface area contributed by atoms with Crippen LogP contribution in [0.15, 0.2) is 18.2 Å². The first-order valence-corrected chi connectivity index (χ1v) is 5.97. The maximum Gasteiger partial charge on any atom is 0.254 e. The van der Waals surface area contributed by atoms with Gasteiger partial charge in [0.05, 0.1) is 5.02 Å². The first-order chi connectivity index (χ1) is 8.09. The summed E-state index contributed by atoms with van der Waals surface area (Å²) in [5.41, 5.74) is 0.515. The van der Waals surface area contributed by atoms with Crippen molar-refractivity contribution in [1.29, 1.82) is 0 Å². The van der Waals surface area contributed by atoms with Crippen LogP contribution in [0.25, 0.3) is 0 Å². The lowest BCUT2D eigenvalue weighted by Crippen LogP contribution is -2.52. The Morgan fingerprint density at radius 2 is 2.35 bits per heavy atom. The molecule has 0 aromatic heterocycles. The second-order valence-corrected chi connectivity index (χ2v) is 4.63. The lowest BCUT2D eigenvalue weighted by Gasteiger charge is -2.34. The van der Waals surface area contributed by atoms with E-state index in [1.54, 1.807) is 6.07 Å². The summed E-state index contributed by atoms with van der Waals surface area (Å²) in [7, 11) is 0. The highest BCUT2D eigenvalue weighted by molar-refractivity contribution is 6.32. The Morgan fingerprint density at radius 1 is 1.59 bits per heavy atom. The molecular weight excluding hydrogens is 240 g/mol. The summed E-state index contributed by atoms with van der Waals surface area (Å²) in [6.45, 7) is 4.31. The highest BCUT2D eigenvalue weighted by Crippen LogP contribution is 2.24. The standard InChI is InChI=1S/C12H15ClN2O2/c1-8-7-14-4-5-15(8)12(17)9-2-3-11(16)10(13)6-9/h2-3,6,8,14,16H,4-5,7H2,1H3. The molecule has 1 unspecified atom stereocenters. The number of nitrogens with one attached hydrogen (secondary N) is 1. The number of hydrogen-bond donors (Lipinski definition) is 2. The predicted octanol–water partition coefficient (Wildman–Crippen LogP) is 1.48. The van der Waals surface area contributed by atoms with Crippen molar-refractivity contribution in [2.75, 3.05) is 19.6 Å². The van der Waals surface area contributed by atoms with E-state index in [2.05, 4.69) is 5.32 Å². The molecule has 0 saturated carbocycles. The van der Waals surface area contributed by atoms with Gasteiger partial charge in [0.1, 0.15) is 5.75 Å². The minimum atomic E-state index is -0.0408. The fourth-order valence-electron chi connectivity index (χ4n) is 1.95. The Kier molecular flexibility index (Phi) is 3.54. The molecule has 92 valence electrons. The van der Waals surface area contributed by atoms with Crippen LogP contribution in [0.3, 0.4) is 0 Å². The maximum atomic E-state index is 12.2. The predicted molar refractivity (Wildman–Crippen MR) is 66.5 cm³/mol. The fourth-order valence-corrected chi connectivity index (χ4v) is 2.13. The summed E-state index contributed by atoms with van der Waals surface area (Å²) in [4.78, 5) is 14.1. The van der Waals surface area contributed by atoms with E-state index in [0.717, 1.165) is 13.1 Å². The van der Waals surface area contributed by atoms with E-state index in [9.17, 15) is 9.90 Å². The minimum absolute atomic E-state index is 0.00317. The van der Waals surface area contributed by atoms with Gasteiger partial charge in [0.2, 0.25) is 0 Å². The Morgan fingerprint density at radius 3 is 3.00 bits per heavy atom. The zero-order valence-electron chi connectivity index (χ0n) is 9.61. The molecule has 1 aliphatic rings. The van der Waals surface area contributed by atoms with Crippen LogP contribution in [-0.4, -0.2) is 41.6 Å². The molecule has 1 heterocycles. The van der Waals surface area contributed by atoms with Crippen LogP contribution >= 0.6 is 11.6 Å². The average Bonchev–Trinajstić information content (AvgIpc) is 2.32. The topological polar surface area (TPSA) is 52.6 Å². The molecule has 5 heteroatoms. The van der Waals surface area contributed by atoms with Crippen molar-refractivity contribution >= 4 is 17.5 Å². The van der Waals surface area contributed by atoms with Crippen molar-refractivity contribution in [2.24, 2.45) is 0 Å². The van der Waals surface area contributed by atoms with Gasteiger partial charge in [-0.25, -0.2) is 0 Å². The zero-order valence-corrected chi connectivity index (χ0v) is 10.4. The van der Waals surface area contributed by atoms with Gasteiger partial charge in [-0.3, -0.25) is 4.79 Å². The van der Waals surface area contributed by atoms with E-state index in [1.807, 2.05) is 11.8 Å². The summed E-state index contributed by atoms with van der Waals surface area (Å²) >= 11 is 5.80. The number of nitrogens with zero attached hydrogens (tertiary/aromatic N) is 1. The van der Waals surface area contributed by atoms with E-state index in [-0.39, 0.29) is 22.7 Å². The second kappa shape index (κ2) is 4.94. The van der Waals surface area contributed by atoms with Crippen molar-refractivity contribution in [2.45, 2.75) is 13.0 Å². The molecule has 1 aliphatic heterocycles. The van der Waals surface area contributed by atoms with Crippen LogP contribution in [0, 0.1) is 0 Å². The van der Waals surface area contributed by atoms with Crippen LogP contribution in [0.5, 0.6) is 5.75 Å². The van der Waals surface area contributed by atoms with Crippen LogP contribution in [-0.2, 0) is 0 Å². The minimum Gasteiger partial charge on any atom is -0.506 e. The van der Waals surface area contributed by atoms with Crippen molar-refractivity contribution in [1.82, 2.24) is 10.2 Å². The smallest absolute Gasteiger partial charge is 0.254 e. The van der Waals surface area contributed by atoms with E-state index < -0.39 is 0 Å². The fraction of sp³-hybridized carbons (Fsp3) is 0.417. The highest BCUT2D eigenvalue weighted by Gasteiger charge is 2.24. The van der Waals surface area contributed by atoms with Crippen molar-refractivity contribution in [3.8, 4) is 5.75 Å². The van der Waals surface area contributed by atoms with Gasteiger partial charge in [0, 0.05) is 31.2 Å². The highest BCUT2D eigenvalue weighted by atomic mass is 35.5. The molecule has 0 radical (unpaired) electrons. The number of halogens is 1. The first kappa shape index (κ1) is 12.2. The molecule has 1 atom stereocenters. The molecule has 2 N–H and O–H groups in total. The van der Waals surface area contributed by atoms with Gasteiger partial charge >= 0.3 is 0 Å². The molecular formula is C12H15ClN2O2. The number of piperazine rings is 1. The number of phenolic OH excluding ortho intramolecular Hbond substituents is 1. The molecule has 0 bridgehead atoms. The van der Waals surface area contributed by atoms with Crippen LogP contribution in [0.2, 0.25) is 5.02 Å². The largest absolute Gasteiger partial charge is 0.506 e. The summed E-state index contributed by atoms with van der Waals surface area (Å²) in [6.07, 6.45) is 0. The summed E-state index contributed by atoms with van der Waals surface area (Å²) < 4.78 is 0. The Balaban J connectivity index is 2.21. The van der Waals surface area contributed by atoms with Crippen molar-refractivity contribution in [3.63, 3.8) is 0 Å². The number of hydrogen-bond acceptors (Lipinski definition) is 3. The Hall–Kier alpha value is -1.26. The first-order valence-electron chi connectivity index (χ1n) is 5.60. The zero-order chi connectivity index (χ0) is 12.4. The maximum absolute atomic E-state index is 12.2. The molecule has 0 aliphatic carbocycles. The van der Waals surface area contributed by atoms with Gasteiger partial charge in [0.15, 0.2) is 0 Å². The van der Waals surface area contributed by atoms with Gasteiger partial charge in [-0.1, -0.05) is 11.6 Å². The van der Waals surface area contributed by atoms with Gasteiger partial charge in [0.25, 0.3) is 5.91 Å². The van der Waals surface area contributed by atoms with Crippen LogP contribution in [0.1, 0.15) is 17.3 Å². The number of benzene rings is 1. The number of aromatic hydroxyl groups is 1.